The Morgan fingerprint density at radius 2 is 1.93 bits per heavy atom. The van der Waals surface area contributed by atoms with Crippen molar-refractivity contribution < 1.29 is 23.4 Å². The van der Waals surface area contributed by atoms with Gasteiger partial charge in [0.05, 0.1) is 11.6 Å². The first-order valence-corrected chi connectivity index (χ1v) is 5.63. The summed E-state index contributed by atoms with van der Waals surface area (Å²) in [5.74, 6) is -2.43. The molecule has 0 saturated carbocycles. The molecule has 1 unspecified atom stereocenters. The zero-order valence-electron chi connectivity index (χ0n) is 8.31. The van der Waals surface area contributed by atoms with Gasteiger partial charge in [-0.15, -0.1) is 0 Å². The number of carboxylic acids is 1. The molecule has 0 rings (SSSR count). The van der Waals surface area contributed by atoms with Crippen molar-refractivity contribution in [2.24, 2.45) is 0 Å². The van der Waals surface area contributed by atoms with Crippen LogP contribution in [0.15, 0.2) is 0 Å². The average molecular weight is 225 g/mol. The van der Waals surface area contributed by atoms with Crippen molar-refractivity contribution in [1.82, 2.24) is 4.72 Å². The van der Waals surface area contributed by atoms with E-state index in [0.717, 1.165) is 0 Å². The second-order valence-electron chi connectivity index (χ2n) is 3.65. The Morgan fingerprint density at radius 3 is 2.21 bits per heavy atom. The Hall–Kier alpha value is -0.660. The summed E-state index contributed by atoms with van der Waals surface area (Å²) in [4.78, 5) is 10.2. The number of nitrogens with one attached hydrogen (secondary N) is 1. The Bertz CT molecular complexity index is 306. The first kappa shape index (κ1) is 13.3. The summed E-state index contributed by atoms with van der Waals surface area (Å²) < 4.78 is 24.4. The molecule has 0 radical (unpaired) electrons. The molecule has 6 nitrogen and oxygen atoms in total. The highest BCUT2D eigenvalue weighted by Gasteiger charge is 2.30. The number of aliphatic carboxylic acids is 1. The first-order valence-electron chi connectivity index (χ1n) is 3.98. The average Bonchev–Trinajstić information content (AvgIpc) is 1.79. The standard InChI is InChI=1S/C7H15NO5S/c1-5(9)7(2,3)8-14(12,13)4-6(10)11/h5,8-9H,4H2,1-3H3,(H,10,11). The number of hydrogen-bond acceptors (Lipinski definition) is 4. The molecule has 0 aromatic carbocycles. The predicted octanol–water partition coefficient (Wildman–Crippen LogP) is -0.850. The zero-order chi connectivity index (χ0) is 11.6. The van der Waals surface area contributed by atoms with Crippen LogP contribution in [0, 0.1) is 0 Å². The SMILES string of the molecule is CC(O)C(C)(C)NS(=O)(=O)CC(=O)O. The Labute approximate surface area is 83.0 Å². The Kier molecular flexibility index (Phi) is 4.04. The third-order valence-electron chi connectivity index (χ3n) is 1.78. The number of aliphatic hydroxyl groups is 1. The number of carbonyl (C=O) groups is 1. The van der Waals surface area contributed by atoms with Gasteiger partial charge in [-0.05, 0) is 20.8 Å². The van der Waals surface area contributed by atoms with E-state index in [1.807, 2.05) is 0 Å². The molecule has 0 aromatic heterocycles. The van der Waals surface area contributed by atoms with Crippen LogP contribution in [0.1, 0.15) is 20.8 Å². The monoisotopic (exact) mass is 225 g/mol. The lowest BCUT2D eigenvalue weighted by atomic mass is 10.0. The van der Waals surface area contributed by atoms with Crippen LogP contribution in [0.2, 0.25) is 0 Å². The fourth-order valence-corrected chi connectivity index (χ4v) is 2.05. The predicted molar refractivity (Wildman–Crippen MR) is 50.3 cm³/mol. The van der Waals surface area contributed by atoms with Crippen LogP contribution in [0.5, 0.6) is 0 Å². The molecule has 0 aliphatic rings. The third-order valence-corrected chi connectivity index (χ3v) is 3.24. The smallest absolute Gasteiger partial charge is 0.320 e. The molecule has 0 aliphatic heterocycles. The maximum Gasteiger partial charge on any atom is 0.320 e. The van der Waals surface area contributed by atoms with E-state index in [4.69, 9.17) is 5.11 Å². The summed E-state index contributed by atoms with van der Waals surface area (Å²) in [6.07, 6.45) is -0.911. The molecule has 1 atom stereocenters. The minimum atomic E-state index is -3.89. The van der Waals surface area contributed by atoms with E-state index in [1.165, 1.54) is 20.8 Å². The number of aliphatic hydroxyl groups excluding tert-OH is 1. The molecule has 0 bridgehead atoms. The number of sulfonamides is 1. The van der Waals surface area contributed by atoms with Crippen LogP contribution in [0.25, 0.3) is 0 Å². The molecule has 0 heterocycles. The van der Waals surface area contributed by atoms with Gasteiger partial charge in [-0.3, -0.25) is 4.79 Å². The van der Waals surface area contributed by atoms with Crippen LogP contribution in [-0.2, 0) is 14.8 Å². The second kappa shape index (κ2) is 4.24. The van der Waals surface area contributed by atoms with E-state index >= 15 is 0 Å². The minimum Gasteiger partial charge on any atom is -0.480 e. The molecule has 0 spiro atoms. The first-order chi connectivity index (χ1) is 6.07. The number of carboxylic acid groups (broad SMARTS) is 1. The van der Waals surface area contributed by atoms with Crippen LogP contribution >= 0.6 is 0 Å². The molecule has 0 amide bonds. The summed E-state index contributed by atoms with van der Waals surface area (Å²) in [6.45, 7) is 4.36. The molecule has 0 fully saturated rings. The van der Waals surface area contributed by atoms with Gasteiger partial charge in [-0.1, -0.05) is 0 Å². The lowest BCUT2D eigenvalue weighted by Crippen LogP contribution is -2.52. The maximum atomic E-state index is 11.2. The highest BCUT2D eigenvalue weighted by Crippen LogP contribution is 2.10. The van der Waals surface area contributed by atoms with Gasteiger partial charge < -0.3 is 10.2 Å². The molecular weight excluding hydrogens is 210 g/mol. The highest BCUT2D eigenvalue weighted by atomic mass is 32.2. The fraction of sp³-hybridized carbons (Fsp3) is 0.857. The maximum absolute atomic E-state index is 11.2. The van der Waals surface area contributed by atoms with E-state index in [2.05, 4.69) is 4.72 Å². The molecule has 3 N–H and O–H groups in total. The van der Waals surface area contributed by atoms with Crippen molar-refractivity contribution >= 4 is 16.0 Å². The largest absolute Gasteiger partial charge is 0.480 e. The number of rotatable bonds is 5. The van der Waals surface area contributed by atoms with Crippen molar-refractivity contribution in [3.63, 3.8) is 0 Å². The highest BCUT2D eigenvalue weighted by molar-refractivity contribution is 7.90. The van der Waals surface area contributed by atoms with E-state index in [9.17, 15) is 18.3 Å². The topological polar surface area (TPSA) is 104 Å². The van der Waals surface area contributed by atoms with Gasteiger partial charge in [0.25, 0.3) is 0 Å². The lowest BCUT2D eigenvalue weighted by Gasteiger charge is -2.28. The van der Waals surface area contributed by atoms with Gasteiger partial charge in [0.1, 0.15) is 0 Å². The van der Waals surface area contributed by atoms with Crippen LogP contribution in [0.4, 0.5) is 0 Å². The van der Waals surface area contributed by atoms with Gasteiger partial charge in [-0.2, -0.15) is 0 Å². The molecule has 0 aromatic rings. The summed E-state index contributed by atoms with van der Waals surface area (Å²) >= 11 is 0. The van der Waals surface area contributed by atoms with E-state index in [1.54, 1.807) is 0 Å². The number of hydrogen-bond donors (Lipinski definition) is 3. The minimum absolute atomic E-state index is 0.911. The van der Waals surface area contributed by atoms with E-state index in [-0.39, 0.29) is 0 Å². The second-order valence-corrected chi connectivity index (χ2v) is 5.37. The molecule has 0 aliphatic carbocycles. The summed E-state index contributed by atoms with van der Waals surface area (Å²) in [5.41, 5.74) is -1.08. The van der Waals surface area contributed by atoms with E-state index < -0.39 is 33.4 Å². The lowest BCUT2D eigenvalue weighted by molar-refractivity contribution is -0.134. The molecule has 84 valence electrons. The van der Waals surface area contributed by atoms with Gasteiger partial charge in [-0.25, -0.2) is 13.1 Å². The van der Waals surface area contributed by atoms with Crippen LogP contribution in [-0.4, -0.2) is 42.0 Å². The fourth-order valence-electron chi connectivity index (χ4n) is 0.685. The summed E-state index contributed by atoms with van der Waals surface area (Å²) in [5, 5.41) is 17.5. The van der Waals surface area contributed by atoms with Gasteiger partial charge in [0.2, 0.25) is 10.0 Å². The van der Waals surface area contributed by atoms with E-state index in [0.29, 0.717) is 0 Å². The Balaban J connectivity index is 4.60. The zero-order valence-corrected chi connectivity index (χ0v) is 9.13. The van der Waals surface area contributed by atoms with Crippen LogP contribution in [0.3, 0.4) is 0 Å². The van der Waals surface area contributed by atoms with Crippen molar-refractivity contribution in [3.05, 3.63) is 0 Å². The third kappa shape index (κ3) is 4.54. The van der Waals surface area contributed by atoms with Crippen molar-refractivity contribution in [1.29, 1.82) is 0 Å². The molecule has 14 heavy (non-hydrogen) atoms. The summed E-state index contributed by atoms with van der Waals surface area (Å²) in [7, 11) is -3.89. The molecule has 7 heteroatoms. The quantitative estimate of drug-likeness (QED) is 0.565. The van der Waals surface area contributed by atoms with Crippen LogP contribution < -0.4 is 4.72 Å². The van der Waals surface area contributed by atoms with Crippen molar-refractivity contribution in [2.75, 3.05) is 5.75 Å². The molecule has 0 saturated heterocycles. The van der Waals surface area contributed by atoms with Gasteiger partial charge in [0, 0.05) is 0 Å². The summed E-state index contributed by atoms with van der Waals surface area (Å²) in [6, 6.07) is 0. The van der Waals surface area contributed by atoms with Crippen molar-refractivity contribution in [2.45, 2.75) is 32.4 Å². The van der Waals surface area contributed by atoms with Crippen molar-refractivity contribution in [3.8, 4) is 0 Å². The normalized spacial score (nSPS) is 15.1. The van der Waals surface area contributed by atoms with Gasteiger partial charge in [0.15, 0.2) is 5.75 Å². The Morgan fingerprint density at radius 1 is 1.50 bits per heavy atom. The van der Waals surface area contributed by atoms with Gasteiger partial charge >= 0.3 is 5.97 Å². The molecular formula is C7H15NO5S.